The molecular formula is C24H19ClFN7O2. The lowest BCUT2D eigenvalue weighted by Gasteiger charge is -2.11. The highest BCUT2D eigenvalue weighted by Crippen LogP contribution is 2.23. The molecule has 5 rings (SSSR count). The molecule has 176 valence electrons. The quantitative estimate of drug-likeness (QED) is 0.390. The van der Waals surface area contributed by atoms with Crippen LogP contribution in [-0.2, 0) is 0 Å². The summed E-state index contributed by atoms with van der Waals surface area (Å²) >= 11 is 6.03. The highest BCUT2D eigenvalue weighted by Gasteiger charge is 2.20. The van der Waals surface area contributed by atoms with Gasteiger partial charge in [-0.25, -0.2) is 9.07 Å². The number of H-pyrrole nitrogens is 1. The zero-order valence-corrected chi connectivity index (χ0v) is 19.7. The Bertz CT molecular complexity index is 1670. The molecule has 0 radical (unpaired) electrons. The second kappa shape index (κ2) is 8.48. The summed E-state index contributed by atoms with van der Waals surface area (Å²) in [5.74, 6) is -1.30. The maximum absolute atomic E-state index is 14.3. The fraction of sp³-hybridized carbons (Fsp3) is 0.125. The molecule has 0 spiro atoms. The lowest BCUT2D eigenvalue weighted by molar-refractivity contribution is 0.102. The largest absolute Gasteiger partial charge is 0.306 e. The summed E-state index contributed by atoms with van der Waals surface area (Å²) in [4.78, 5) is 32.9. The molecule has 0 aliphatic heterocycles. The third-order valence-corrected chi connectivity index (χ3v) is 5.78. The first-order valence-electron chi connectivity index (χ1n) is 10.6. The molecule has 0 unspecified atom stereocenters. The lowest BCUT2D eigenvalue weighted by atomic mass is 10.1. The number of aryl methyl sites for hydroxylation is 3. The normalized spacial score (nSPS) is 11.2. The van der Waals surface area contributed by atoms with E-state index in [0.717, 1.165) is 22.9 Å². The van der Waals surface area contributed by atoms with Gasteiger partial charge in [-0.2, -0.15) is 19.9 Å². The Labute approximate surface area is 203 Å². The number of carbonyl (C=O) groups excluding carboxylic acids is 1. The van der Waals surface area contributed by atoms with Crippen molar-refractivity contribution in [3.63, 3.8) is 0 Å². The first-order valence-corrected chi connectivity index (χ1v) is 11.0. The third kappa shape index (κ3) is 3.97. The highest BCUT2D eigenvalue weighted by molar-refractivity contribution is 6.34. The van der Waals surface area contributed by atoms with E-state index in [9.17, 15) is 14.0 Å². The van der Waals surface area contributed by atoms with Gasteiger partial charge in [-0.1, -0.05) is 35.4 Å². The zero-order valence-electron chi connectivity index (χ0n) is 18.9. The van der Waals surface area contributed by atoms with E-state index in [2.05, 4.69) is 25.5 Å². The zero-order chi connectivity index (χ0) is 24.9. The first-order chi connectivity index (χ1) is 16.7. The molecule has 0 bridgehead atoms. The summed E-state index contributed by atoms with van der Waals surface area (Å²) in [6.07, 6.45) is 1.45. The van der Waals surface area contributed by atoms with E-state index >= 15 is 0 Å². The van der Waals surface area contributed by atoms with E-state index in [0.29, 0.717) is 16.7 Å². The summed E-state index contributed by atoms with van der Waals surface area (Å²) < 4.78 is 17.1. The Balaban J connectivity index is 1.61. The Morgan fingerprint density at radius 1 is 1.11 bits per heavy atom. The van der Waals surface area contributed by atoms with Gasteiger partial charge in [-0.05, 0) is 44.5 Å². The van der Waals surface area contributed by atoms with Crippen LogP contribution in [0.1, 0.15) is 27.2 Å². The van der Waals surface area contributed by atoms with Gasteiger partial charge in [0.05, 0.1) is 28.2 Å². The number of hydrogen-bond acceptors (Lipinski definition) is 5. The molecule has 11 heteroatoms. The average Bonchev–Trinajstić information content (AvgIpc) is 3.37. The first kappa shape index (κ1) is 22.5. The number of nitrogens with zero attached hydrogens (tertiary/aromatic N) is 5. The number of benzene rings is 2. The minimum Gasteiger partial charge on any atom is -0.306 e. The van der Waals surface area contributed by atoms with Crippen molar-refractivity contribution in [1.29, 1.82) is 0 Å². The average molecular weight is 492 g/mol. The van der Waals surface area contributed by atoms with Gasteiger partial charge in [0.1, 0.15) is 17.0 Å². The minimum absolute atomic E-state index is 0.0318. The molecule has 0 atom stereocenters. The van der Waals surface area contributed by atoms with Gasteiger partial charge in [0, 0.05) is 6.07 Å². The molecule has 0 aliphatic rings. The molecule has 0 aliphatic carbocycles. The number of amides is 1. The maximum Gasteiger partial charge on any atom is 0.263 e. The maximum atomic E-state index is 14.3. The van der Waals surface area contributed by atoms with E-state index in [-0.39, 0.29) is 22.4 Å². The number of nitrogens with one attached hydrogen (secondary N) is 2. The van der Waals surface area contributed by atoms with Crippen molar-refractivity contribution in [3.8, 4) is 11.6 Å². The van der Waals surface area contributed by atoms with E-state index in [1.54, 1.807) is 17.7 Å². The lowest BCUT2D eigenvalue weighted by Crippen LogP contribution is -2.20. The molecule has 5 aromatic rings. The van der Waals surface area contributed by atoms with E-state index in [1.807, 2.05) is 32.0 Å². The van der Waals surface area contributed by atoms with Crippen molar-refractivity contribution in [2.24, 2.45) is 0 Å². The van der Waals surface area contributed by atoms with Crippen LogP contribution >= 0.6 is 11.6 Å². The number of halogens is 2. The summed E-state index contributed by atoms with van der Waals surface area (Å²) in [5, 5.41) is 11.6. The van der Waals surface area contributed by atoms with Crippen LogP contribution in [0, 0.1) is 26.6 Å². The van der Waals surface area contributed by atoms with Crippen LogP contribution in [-0.4, -0.2) is 35.4 Å². The van der Waals surface area contributed by atoms with Crippen molar-refractivity contribution < 1.29 is 9.18 Å². The predicted octanol–water partition coefficient (Wildman–Crippen LogP) is 4.26. The second-order valence-electron chi connectivity index (χ2n) is 8.11. The van der Waals surface area contributed by atoms with Crippen LogP contribution in [0.2, 0.25) is 5.02 Å². The topological polar surface area (TPSA) is 110 Å². The Morgan fingerprint density at radius 2 is 1.91 bits per heavy atom. The van der Waals surface area contributed by atoms with Crippen LogP contribution in [0.4, 0.5) is 10.2 Å². The number of aromatic nitrogens is 6. The molecular weight excluding hydrogens is 473 g/mol. The van der Waals surface area contributed by atoms with Crippen molar-refractivity contribution in [1.82, 2.24) is 29.5 Å². The van der Waals surface area contributed by atoms with E-state index < -0.39 is 17.3 Å². The van der Waals surface area contributed by atoms with Crippen molar-refractivity contribution in [3.05, 3.63) is 92.2 Å². The number of hydrogen-bond donors (Lipinski definition) is 2. The minimum atomic E-state index is -0.766. The van der Waals surface area contributed by atoms with Crippen LogP contribution in [0.3, 0.4) is 0 Å². The van der Waals surface area contributed by atoms with Crippen molar-refractivity contribution >= 4 is 34.4 Å². The van der Waals surface area contributed by atoms with Gasteiger partial charge in [0.15, 0.2) is 5.65 Å². The molecule has 9 nitrogen and oxygen atoms in total. The molecule has 1 amide bonds. The number of aromatic amines is 1. The Hall–Kier alpha value is -4.31. The van der Waals surface area contributed by atoms with Gasteiger partial charge >= 0.3 is 0 Å². The Kier molecular flexibility index (Phi) is 5.45. The molecule has 0 fully saturated rings. The SMILES string of the molecule is Cc1ccc(-n2ncc3c(=O)[nH]c(-n4nc(C)cc4NC(=O)c4c(F)cccc4Cl)nc32)c(C)c1. The predicted molar refractivity (Wildman–Crippen MR) is 130 cm³/mol. The summed E-state index contributed by atoms with van der Waals surface area (Å²) in [7, 11) is 0. The standard InChI is InChI=1S/C24H19ClFN7O2/c1-12-7-8-18(13(2)9-12)32-21-15(11-27-32)22(34)30-24(29-21)33-19(10-14(3)31-33)28-23(35)20-16(25)5-4-6-17(20)26/h4-11H,1-3H3,(H,28,35)(H,29,30,34). The van der Waals surface area contributed by atoms with Gasteiger partial charge in [-0.15, -0.1) is 0 Å². The van der Waals surface area contributed by atoms with E-state index in [4.69, 9.17) is 11.6 Å². The molecule has 3 aromatic heterocycles. The summed E-state index contributed by atoms with van der Waals surface area (Å²) in [6.45, 7) is 5.64. The number of carbonyl (C=O) groups is 1. The van der Waals surface area contributed by atoms with Gasteiger partial charge in [-0.3, -0.25) is 14.6 Å². The molecule has 35 heavy (non-hydrogen) atoms. The summed E-state index contributed by atoms with van der Waals surface area (Å²) in [5.41, 5.74) is 2.95. The third-order valence-electron chi connectivity index (χ3n) is 5.47. The molecule has 3 heterocycles. The van der Waals surface area contributed by atoms with Crippen molar-refractivity contribution in [2.45, 2.75) is 20.8 Å². The Morgan fingerprint density at radius 3 is 2.66 bits per heavy atom. The van der Waals surface area contributed by atoms with Crippen LogP contribution in [0.15, 0.2) is 53.5 Å². The van der Waals surface area contributed by atoms with Crippen LogP contribution in [0.25, 0.3) is 22.7 Å². The van der Waals surface area contributed by atoms with Gasteiger partial charge in [0.2, 0.25) is 5.95 Å². The highest BCUT2D eigenvalue weighted by atomic mass is 35.5. The van der Waals surface area contributed by atoms with Gasteiger partial charge < -0.3 is 5.32 Å². The fourth-order valence-corrected chi connectivity index (χ4v) is 4.12. The van der Waals surface area contributed by atoms with E-state index in [1.165, 1.54) is 23.0 Å². The van der Waals surface area contributed by atoms with Gasteiger partial charge in [0.25, 0.3) is 11.5 Å². The smallest absolute Gasteiger partial charge is 0.263 e. The van der Waals surface area contributed by atoms with Crippen LogP contribution < -0.4 is 10.9 Å². The molecule has 0 saturated carbocycles. The molecule has 0 saturated heterocycles. The van der Waals surface area contributed by atoms with Crippen molar-refractivity contribution in [2.75, 3.05) is 5.32 Å². The monoisotopic (exact) mass is 491 g/mol. The number of rotatable bonds is 4. The second-order valence-corrected chi connectivity index (χ2v) is 8.51. The molecule has 2 aromatic carbocycles. The number of fused-ring (bicyclic) bond motifs is 1. The number of anilines is 1. The molecule has 2 N–H and O–H groups in total. The summed E-state index contributed by atoms with van der Waals surface area (Å²) in [6, 6.07) is 11.4. The fourth-order valence-electron chi connectivity index (χ4n) is 3.87. The van der Waals surface area contributed by atoms with Crippen LogP contribution in [0.5, 0.6) is 0 Å².